The first-order valence-electron chi connectivity index (χ1n) is 6.06. The lowest BCUT2D eigenvalue weighted by atomic mass is 9.70. The second-order valence-electron chi connectivity index (χ2n) is 6.26. The van der Waals surface area contributed by atoms with Gasteiger partial charge in [0.1, 0.15) is 0 Å². The molecular weight excluding hydrogens is 160 g/mol. The van der Waals surface area contributed by atoms with Crippen molar-refractivity contribution in [1.29, 1.82) is 0 Å². The van der Waals surface area contributed by atoms with E-state index in [2.05, 4.69) is 0 Å². The van der Waals surface area contributed by atoms with E-state index in [1.165, 1.54) is 12.8 Å². The van der Waals surface area contributed by atoms with Crippen molar-refractivity contribution in [2.75, 3.05) is 0 Å². The largest absolute Gasteiger partial charge is 0.393 e. The molecule has 0 amide bonds. The lowest BCUT2D eigenvalue weighted by molar-refractivity contribution is 0.0279. The van der Waals surface area contributed by atoms with Gasteiger partial charge in [0, 0.05) is 0 Å². The van der Waals surface area contributed by atoms with Crippen molar-refractivity contribution in [3.05, 3.63) is 0 Å². The molecule has 6 aliphatic carbocycles. The van der Waals surface area contributed by atoms with Gasteiger partial charge in [-0.15, -0.1) is 0 Å². The summed E-state index contributed by atoms with van der Waals surface area (Å²) in [5.41, 5.74) is 0. The molecule has 6 fully saturated rings. The Kier molecular flexibility index (Phi) is 0.793. The van der Waals surface area contributed by atoms with Crippen LogP contribution in [0.4, 0.5) is 0 Å². The second-order valence-corrected chi connectivity index (χ2v) is 6.26. The Labute approximate surface area is 78.5 Å². The molecule has 0 heterocycles. The van der Waals surface area contributed by atoms with Crippen LogP contribution in [0.1, 0.15) is 19.3 Å². The predicted molar refractivity (Wildman–Crippen MR) is 47.8 cm³/mol. The number of rotatable bonds is 0. The average molecular weight is 176 g/mol. The van der Waals surface area contributed by atoms with Crippen LogP contribution in [0.25, 0.3) is 0 Å². The fourth-order valence-electron chi connectivity index (χ4n) is 6.88. The standard InChI is InChI=1S/C12H16O/c13-7-3-6-9-4-1-2-5-8(4)11(6)12(7)10(5)9/h4-13H,1-3H2. The highest BCUT2D eigenvalue weighted by atomic mass is 16.3. The van der Waals surface area contributed by atoms with E-state index in [1.54, 1.807) is 6.42 Å². The number of aliphatic hydroxyl groups excluding tert-OH is 1. The number of hydrogen-bond donors (Lipinski definition) is 1. The molecule has 8 bridgehead atoms. The first kappa shape index (κ1) is 6.44. The van der Waals surface area contributed by atoms with Gasteiger partial charge in [-0.3, -0.25) is 0 Å². The van der Waals surface area contributed by atoms with Crippen LogP contribution in [0.2, 0.25) is 0 Å². The van der Waals surface area contributed by atoms with E-state index in [0.29, 0.717) is 0 Å². The molecule has 70 valence electrons. The van der Waals surface area contributed by atoms with Crippen molar-refractivity contribution in [2.45, 2.75) is 25.4 Å². The Balaban J connectivity index is 1.75. The van der Waals surface area contributed by atoms with Crippen LogP contribution in [0, 0.1) is 47.3 Å². The molecule has 13 heavy (non-hydrogen) atoms. The van der Waals surface area contributed by atoms with Crippen LogP contribution in [-0.4, -0.2) is 11.2 Å². The smallest absolute Gasteiger partial charge is 0.0577 e. The summed E-state index contributed by atoms with van der Waals surface area (Å²) in [6.45, 7) is 0. The monoisotopic (exact) mass is 176 g/mol. The minimum Gasteiger partial charge on any atom is -0.393 e. The van der Waals surface area contributed by atoms with Crippen molar-refractivity contribution in [2.24, 2.45) is 47.3 Å². The highest BCUT2D eigenvalue weighted by Crippen LogP contribution is 2.82. The first-order chi connectivity index (χ1) is 6.38. The van der Waals surface area contributed by atoms with Crippen LogP contribution < -0.4 is 0 Å². The lowest BCUT2D eigenvalue weighted by Crippen LogP contribution is -2.35. The quantitative estimate of drug-likeness (QED) is 0.593. The minimum absolute atomic E-state index is 0.114. The molecule has 0 radical (unpaired) electrons. The van der Waals surface area contributed by atoms with Crippen molar-refractivity contribution in [1.82, 2.24) is 0 Å². The zero-order valence-electron chi connectivity index (χ0n) is 7.76. The maximum absolute atomic E-state index is 9.97. The Hall–Kier alpha value is -0.0400. The summed E-state index contributed by atoms with van der Waals surface area (Å²) >= 11 is 0. The van der Waals surface area contributed by atoms with E-state index in [1.807, 2.05) is 0 Å². The van der Waals surface area contributed by atoms with E-state index in [-0.39, 0.29) is 6.10 Å². The van der Waals surface area contributed by atoms with Gasteiger partial charge in [-0.05, 0) is 66.6 Å². The number of hydrogen-bond acceptors (Lipinski definition) is 1. The van der Waals surface area contributed by atoms with Gasteiger partial charge in [-0.2, -0.15) is 0 Å². The molecule has 6 aliphatic rings. The average Bonchev–Trinajstić information content (AvgIpc) is 2.78. The molecule has 0 aliphatic heterocycles. The van der Waals surface area contributed by atoms with Crippen LogP contribution >= 0.6 is 0 Å². The molecule has 0 aromatic heterocycles. The maximum Gasteiger partial charge on any atom is 0.0577 e. The molecule has 1 N–H and O–H groups in total. The fraction of sp³-hybridized carbons (Fsp3) is 1.00. The predicted octanol–water partition coefficient (Wildman–Crippen LogP) is 1.52. The van der Waals surface area contributed by atoms with Crippen LogP contribution in [0.3, 0.4) is 0 Å². The minimum atomic E-state index is 0.114. The zero-order chi connectivity index (χ0) is 8.32. The fourth-order valence-corrected chi connectivity index (χ4v) is 6.88. The molecule has 6 rings (SSSR count). The Bertz CT molecular complexity index is 287. The van der Waals surface area contributed by atoms with Gasteiger partial charge in [-0.25, -0.2) is 0 Å². The second kappa shape index (κ2) is 1.60. The first-order valence-corrected chi connectivity index (χ1v) is 6.06. The summed E-state index contributed by atoms with van der Waals surface area (Å²) in [5, 5.41) is 9.97. The van der Waals surface area contributed by atoms with E-state index in [4.69, 9.17) is 0 Å². The van der Waals surface area contributed by atoms with Crippen LogP contribution in [0.15, 0.2) is 0 Å². The van der Waals surface area contributed by atoms with Gasteiger partial charge >= 0.3 is 0 Å². The van der Waals surface area contributed by atoms with Crippen molar-refractivity contribution >= 4 is 0 Å². The molecule has 6 saturated carbocycles. The summed E-state index contributed by atoms with van der Waals surface area (Å²) < 4.78 is 0. The molecular formula is C12H16O. The van der Waals surface area contributed by atoms with Gasteiger partial charge in [-0.1, -0.05) is 0 Å². The maximum atomic E-state index is 9.97. The zero-order valence-corrected chi connectivity index (χ0v) is 7.76. The third-order valence-electron chi connectivity index (χ3n) is 6.54. The van der Waals surface area contributed by atoms with E-state index in [0.717, 1.165) is 47.3 Å². The Morgan fingerprint density at radius 2 is 1.31 bits per heavy atom. The molecule has 0 aromatic rings. The summed E-state index contributed by atoms with van der Waals surface area (Å²) in [5.74, 6) is 8.18. The third kappa shape index (κ3) is 0.423. The van der Waals surface area contributed by atoms with Gasteiger partial charge in [0.25, 0.3) is 0 Å². The Morgan fingerprint density at radius 3 is 2.15 bits per heavy atom. The van der Waals surface area contributed by atoms with Crippen molar-refractivity contribution in [3.63, 3.8) is 0 Å². The van der Waals surface area contributed by atoms with E-state index < -0.39 is 0 Å². The van der Waals surface area contributed by atoms with E-state index in [9.17, 15) is 5.11 Å². The molecule has 0 aromatic carbocycles. The highest BCUT2D eigenvalue weighted by Gasteiger charge is 2.78. The molecule has 1 nitrogen and oxygen atoms in total. The SMILES string of the molecule is OC1CC2C3C4CCC5C4C2C1C53. The van der Waals surface area contributed by atoms with Gasteiger partial charge in [0.2, 0.25) is 0 Å². The van der Waals surface area contributed by atoms with Crippen molar-refractivity contribution < 1.29 is 5.11 Å². The van der Waals surface area contributed by atoms with Gasteiger partial charge in [0.15, 0.2) is 0 Å². The Morgan fingerprint density at radius 1 is 0.692 bits per heavy atom. The third-order valence-corrected chi connectivity index (χ3v) is 6.54. The summed E-state index contributed by atoms with van der Waals surface area (Å²) in [4.78, 5) is 0. The molecule has 1 heteroatoms. The van der Waals surface area contributed by atoms with E-state index >= 15 is 0 Å². The van der Waals surface area contributed by atoms with Crippen molar-refractivity contribution in [3.8, 4) is 0 Å². The summed E-state index contributed by atoms with van der Waals surface area (Å²) in [6, 6.07) is 0. The normalized spacial score (nSPS) is 80.5. The van der Waals surface area contributed by atoms with Crippen LogP contribution in [-0.2, 0) is 0 Å². The lowest BCUT2D eigenvalue weighted by Gasteiger charge is -2.36. The molecule has 9 atom stereocenters. The molecule has 0 spiro atoms. The molecule has 9 unspecified atom stereocenters. The number of aliphatic hydroxyl groups is 1. The highest BCUT2D eigenvalue weighted by molar-refractivity contribution is 5.26. The van der Waals surface area contributed by atoms with Crippen LogP contribution in [0.5, 0.6) is 0 Å². The van der Waals surface area contributed by atoms with Gasteiger partial charge in [0.05, 0.1) is 6.10 Å². The van der Waals surface area contributed by atoms with Gasteiger partial charge < -0.3 is 5.11 Å². The summed E-state index contributed by atoms with van der Waals surface area (Å²) in [7, 11) is 0. The molecule has 0 saturated heterocycles. The topological polar surface area (TPSA) is 20.2 Å². The summed E-state index contributed by atoms with van der Waals surface area (Å²) in [6.07, 6.45) is 4.36.